The summed E-state index contributed by atoms with van der Waals surface area (Å²) in [5.41, 5.74) is 0.129. The van der Waals surface area contributed by atoms with E-state index in [-0.39, 0.29) is 5.41 Å². The molecule has 1 aliphatic rings. The highest BCUT2D eigenvalue weighted by atomic mass is 16.3. The number of hydrogen-bond donors (Lipinski definition) is 2. The Morgan fingerprint density at radius 1 is 1.47 bits per heavy atom. The van der Waals surface area contributed by atoms with E-state index in [1.807, 2.05) is 12.4 Å². The average molecular weight is 237 g/mol. The van der Waals surface area contributed by atoms with E-state index < -0.39 is 0 Å². The van der Waals surface area contributed by atoms with Crippen molar-refractivity contribution in [3.8, 4) is 0 Å². The van der Waals surface area contributed by atoms with Crippen molar-refractivity contribution < 1.29 is 5.11 Å². The minimum Gasteiger partial charge on any atom is -0.396 e. The Morgan fingerprint density at radius 3 is 2.88 bits per heavy atom. The number of nitrogens with one attached hydrogen (secondary N) is 1. The number of aromatic nitrogens is 2. The van der Waals surface area contributed by atoms with Gasteiger partial charge in [-0.3, -0.25) is 0 Å². The molecule has 1 aromatic rings. The molecule has 0 aliphatic heterocycles. The van der Waals surface area contributed by atoms with Gasteiger partial charge >= 0.3 is 0 Å². The van der Waals surface area contributed by atoms with Crippen LogP contribution in [0, 0.1) is 5.41 Å². The monoisotopic (exact) mass is 237 g/mol. The van der Waals surface area contributed by atoms with Gasteiger partial charge in [0.05, 0.1) is 6.54 Å². The third kappa shape index (κ3) is 2.87. The van der Waals surface area contributed by atoms with Crippen LogP contribution in [0.4, 0.5) is 0 Å². The van der Waals surface area contributed by atoms with Crippen LogP contribution in [0.5, 0.6) is 0 Å². The molecule has 4 heteroatoms. The Kier molecular flexibility index (Phi) is 4.18. The zero-order valence-corrected chi connectivity index (χ0v) is 10.7. The van der Waals surface area contributed by atoms with Crippen molar-refractivity contribution >= 4 is 0 Å². The van der Waals surface area contributed by atoms with Gasteiger partial charge in [0.25, 0.3) is 0 Å². The molecule has 0 amide bonds. The Hall–Kier alpha value is -0.870. The standard InChI is InChI=1S/C13H23N3O/c1-2-16-8-7-15-12(16)9-14-10-13(11-17)5-3-4-6-13/h7-8,14,17H,2-6,9-11H2,1H3. The van der Waals surface area contributed by atoms with Crippen LogP contribution in [0.2, 0.25) is 0 Å². The lowest BCUT2D eigenvalue weighted by molar-refractivity contribution is 0.127. The summed E-state index contributed by atoms with van der Waals surface area (Å²) in [6.45, 7) is 5.09. The van der Waals surface area contributed by atoms with Gasteiger partial charge < -0.3 is 15.0 Å². The third-order valence-electron chi connectivity index (χ3n) is 3.93. The number of imidazole rings is 1. The first-order valence-electron chi connectivity index (χ1n) is 6.61. The molecule has 96 valence electrons. The molecule has 0 bridgehead atoms. The van der Waals surface area contributed by atoms with Crippen LogP contribution in [-0.2, 0) is 13.1 Å². The quantitative estimate of drug-likeness (QED) is 0.789. The molecule has 1 aliphatic carbocycles. The summed E-state index contributed by atoms with van der Waals surface area (Å²) in [7, 11) is 0. The van der Waals surface area contributed by atoms with Gasteiger partial charge in [0.2, 0.25) is 0 Å². The first kappa shape index (κ1) is 12.6. The minimum absolute atomic E-state index is 0.129. The Morgan fingerprint density at radius 2 is 2.24 bits per heavy atom. The lowest BCUT2D eigenvalue weighted by Gasteiger charge is -2.26. The summed E-state index contributed by atoms with van der Waals surface area (Å²) in [4.78, 5) is 4.34. The molecule has 1 fully saturated rings. The number of hydrogen-bond acceptors (Lipinski definition) is 3. The maximum Gasteiger partial charge on any atom is 0.122 e. The zero-order valence-electron chi connectivity index (χ0n) is 10.7. The Balaban J connectivity index is 1.82. The third-order valence-corrected chi connectivity index (χ3v) is 3.93. The van der Waals surface area contributed by atoms with Gasteiger partial charge in [-0.2, -0.15) is 0 Å². The fourth-order valence-electron chi connectivity index (χ4n) is 2.75. The van der Waals surface area contributed by atoms with Gasteiger partial charge in [0.1, 0.15) is 5.82 Å². The normalized spacial score (nSPS) is 18.7. The van der Waals surface area contributed by atoms with Crippen molar-refractivity contribution in [3.63, 3.8) is 0 Å². The van der Waals surface area contributed by atoms with Gasteiger partial charge in [0.15, 0.2) is 0 Å². The van der Waals surface area contributed by atoms with E-state index in [0.717, 1.165) is 38.3 Å². The first-order valence-corrected chi connectivity index (χ1v) is 6.61. The summed E-state index contributed by atoms with van der Waals surface area (Å²) in [6, 6.07) is 0. The molecule has 0 spiro atoms. The molecular weight excluding hydrogens is 214 g/mol. The van der Waals surface area contributed by atoms with Gasteiger partial charge in [0, 0.05) is 37.5 Å². The number of aliphatic hydroxyl groups is 1. The lowest BCUT2D eigenvalue weighted by Crippen LogP contribution is -2.35. The summed E-state index contributed by atoms with van der Waals surface area (Å²) in [5.74, 6) is 1.08. The summed E-state index contributed by atoms with van der Waals surface area (Å²) < 4.78 is 2.15. The topological polar surface area (TPSA) is 50.1 Å². The lowest BCUT2D eigenvalue weighted by atomic mass is 9.87. The van der Waals surface area contributed by atoms with E-state index in [1.54, 1.807) is 0 Å². The molecule has 2 N–H and O–H groups in total. The van der Waals surface area contributed by atoms with Crippen LogP contribution < -0.4 is 5.32 Å². The number of rotatable bonds is 6. The predicted octanol–water partition coefficient (Wildman–Crippen LogP) is 1.55. The molecule has 1 aromatic heterocycles. The molecule has 2 rings (SSSR count). The van der Waals surface area contributed by atoms with Crippen LogP contribution in [0.3, 0.4) is 0 Å². The fourth-order valence-corrected chi connectivity index (χ4v) is 2.75. The van der Waals surface area contributed by atoms with Crippen molar-refractivity contribution in [2.45, 2.75) is 45.7 Å². The highest BCUT2D eigenvalue weighted by molar-refractivity contribution is 4.93. The van der Waals surface area contributed by atoms with Crippen LogP contribution >= 0.6 is 0 Å². The minimum atomic E-state index is 0.129. The second-order valence-electron chi connectivity index (χ2n) is 5.10. The average Bonchev–Trinajstić information content (AvgIpc) is 2.98. The van der Waals surface area contributed by atoms with Crippen LogP contribution in [0.1, 0.15) is 38.4 Å². The Bertz CT molecular complexity index is 342. The highest BCUT2D eigenvalue weighted by Crippen LogP contribution is 2.36. The molecule has 0 aromatic carbocycles. The van der Waals surface area contributed by atoms with Crippen LogP contribution in [0.25, 0.3) is 0 Å². The number of nitrogens with zero attached hydrogens (tertiary/aromatic N) is 2. The van der Waals surface area contributed by atoms with Crippen molar-refractivity contribution in [1.29, 1.82) is 0 Å². The van der Waals surface area contributed by atoms with E-state index in [4.69, 9.17) is 0 Å². The molecule has 0 atom stereocenters. The molecule has 1 saturated carbocycles. The van der Waals surface area contributed by atoms with Crippen LogP contribution in [0.15, 0.2) is 12.4 Å². The molecule has 0 unspecified atom stereocenters. The van der Waals surface area contributed by atoms with Gasteiger partial charge in [-0.15, -0.1) is 0 Å². The summed E-state index contributed by atoms with van der Waals surface area (Å²) in [6.07, 6.45) is 8.67. The molecule has 0 radical (unpaired) electrons. The van der Waals surface area contributed by atoms with E-state index in [2.05, 4.69) is 21.8 Å². The summed E-state index contributed by atoms with van der Waals surface area (Å²) in [5, 5.41) is 13.0. The molecular formula is C13H23N3O. The molecule has 1 heterocycles. The summed E-state index contributed by atoms with van der Waals surface area (Å²) >= 11 is 0. The zero-order chi connectivity index (χ0) is 12.1. The van der Waals surface area contributed by atoms with E-state index >= 15 is 0 Å². The van der Waals surface area contributed by atoms with Gasteiger partial charge in [-0.1, -0.05) is 12.8 Å². The van der Waals surface area contributed by atoms with Gasteiger partial charge in [-0.05, 0) is 19.8 Å². The molecule has 4 nitrogen and oxygen atoms in total. The van der Waals surface area contributed by atoms with Gasteiger partial charge in [-0.25, -0.2) is 4.98 Å². The van der Waals surface area contributed by atoms with Crippen molar-refractivity contribution in [2.24, 2.45) is 5.41 Å². The highest BCUT2D eigenvalue weighted by Gasteiger charge is 2.32. The second kappa shape index (κ2) is 5.65. The van der Waals surface area contributed by atoms with Crippen molar-refractivity contribution in [1.82, 2.24) is 14.9 Å². The SMILES string of the molecule is CCn1ccnc1CNCC1(CO)CCCC1. The fraction of sp³-hybridized carbons (Fsp3) is 0.769. The maximum absolute atomic E-state index is 9.51. The molecule has 17 heavy (non-hydrogen) atoms. The smallest absolute Gasteiger partial charge is 0.122 e. The number of aryl methyl sites for hydroxylation is 1. The first-order chi connectivity index (χ1) is 8.29. The molecule has 0 saturated heterocycles. The maximum atomic E-state index is 9.51. The van der Waals surface area contributed by atoms with E-state index in [1.165, 1.54) is 12.8 Å². The number of aliphatic hydroxyl groups excluding tert-OH is 1. The van der Waals surface area contributed by atoms with Crippen molar-refractivity contribution in [2.75, 3.05) is 13.2 Å². The largest absolute Gasteiger partial charge is 0.396 e. The van der Waals surface area contributed by atoms with Crippen molar-refractivity contribution in [3.05, 3.63) is 18.2 Å². The van der Waals surface area contributed by atoms with Crippen LogP contribution in [-0.4, -0.2) is 27.8 Å². The predicted molar refractivity (Wildman–Crippen MR) is 67.6 cm³/mol. The van der Waals surface area contributed by atoms with E-state index in [9.17, 15) is 5.11 Å². The van der Waals surface area contributed by atoms with E-state index in [0.29, 0.717) is 6.61 Å². The Labute approximate surface area is 103 Å². The second-order valence-corrected chi connectivity index (χ2v) is 5.10.